The molecule has 0 saturated carbocycles. The molecule has 480 valence electrons. The maximum Gasteiger partial charge on any atom is 0.310 e. The maximum atomic E-state index is 13.2. The highest BCUT2D eigenvalue weighted by molar-refractivity contribution is 7.98. The van der Waals surface area contributed by atoms with Gasteiger partial charge < -0.3 is 58.2 Å². The third kappa shape index (κ3) is 21.9. The Bertz CT molecular complexity index is 2680. The van der Waals surface area contributed by atoms with Crippen molar-refractivity contribution in [1.82, 2.24) is 20.9 Å². The van der Waals surface area contributed by atoms with Gasteiger partial charge in [-0.1, -0.05) is 91.8 Å². The van der Waals surface area contributed by atoms with E-state index in [1.807, 2.05) is 57.3 Å². The van der Waals surface area contributed by atoms with Gasteiger partial charge >= 0.3 is 11.9 Å². The summed E-state index contributed by atoms with van der Waals surface area (Å²) in [6.07, 6.45) is 26.7. The number of carbonyl (C=O) groups excluding carboxylic acids is 5. The van der Waals surface area contributed by atoms with E-state index in [9.17, 15) is 24.0 Å². The van der Waals surface area contributed by atoms with Crippen LogP contribution in [0.5, 0.6) is 0 Å². The number of nitrogens with zero attached hydrogens (tertiary/aromatic N) is 1. The van der Waals surface area contributed by atoms with Crippen molar-refractivity contribution in [3.63, 3.8) is 0 Å². The Morgan fingerprint density at radius 3 is 1.83 bits per heavy atom. The van der Waals surface area contributed by atoms with Gasteiger partial charge in [0.15, 0.2) is 0 Å². The predicted molar refractivity (Wildman–Crippen MR) is 334 cm³/mol. The number of benzene rings is 1. The summed E-state index contributed by atoms with van der Waals surface area (Å²) in [5.41, 5.74) is 3.56. The minimum Gasteiger partial charge on any atom is -0.459 e. The minimum atomic E-state index is -0.487. The quantitative estimate of drug-likeness (QED) is 0.0235. The zero-order valence-electron chi connectivity index (χ0n) is 53.2. The van der Waals surface area contributed by atoms with E-state index >= 15 is 0 Å². The van der Waals surface area contributed by atoms with E-state index in [1.54, 1.807) is 29.7 Å². The number of rotatable bonds is 28. The van der Waals surface area contributed by atoms with Crippen LogP contribution in [0, 0.1) is 11.8 Å². The molecule has 3 N–H and O–H groups in total. The van der Waals surface area contributed by atoms with Crippen LogP contribution >= 0.6 is 11.8 Å². The molecular weight excluding hydrogens is 1130 g/mol. The lowest BCUT2D eigenvalue weighted by atomic mass is 9.88. The minimum absolute atomic E-state index is 0.00382. The van der Waals surface area contributed by atoms with Gasteiger partial charge in [0.05, 0.1) is 98.6 Å². The van der Waals surface area contributed by atoms with Gasteiger partial charge in [-0.25, -0.2) is 0 Å². The molecule has 7 saturated heterocycles. The van der Waals surface area contributed by atoms with Crippen LogP contribution in [0.15, 0.2) is 96.2 Å². The summed E-state index contributed by atoms with van der Waals surface area (Å²) < 4.78 is 54.3. The monoisotopic (exact) mass is 1230 g/mol. The lowest BCUT2D eigenvalue weighted by Gasteiger charge is -2.39. The molecule has 18 atom stereocenters. The molecule has 0 aromatic heterocycles. The van der Waals surface area contributed by atoms with Crippen molar-refractivity contribution in [2.45, 2.75) is 236 Å². The highest BCUT2D eigenvalue weighted by Gasteiger charge is 2.53. The molecule has 2 unspecified atom stereocenters. The van der Waals surface area contributed by atoms with E-state index in [-0.39, 0.29) is 127 Å². The summed E-state index contributed by atoms with van der Waals surface area (Å²) >= 11 is 1.74. The second kappa shape index (κ2) is 31.7. The number of nitrogens with one attached hydrogen (secondary N) is 3. The topological polar surface area (TPSA) is 218 Å². The van der Waals surface area contributed by atoms with E-state index < -0.39 is 18.2 Å². The van der Waals surface area contributed by atoms with Gasteiger partial charge in [0, 0.05) is 70.6 Å². The number of carbonyl (C=O) groups is 5. The molecule has 8 rings (SSSR count). The van der Waals surface area contributed by atoms with Crippen LogP contribution in [-0.2, 0) is 79.6 Å². The van der Waals surface area contributed by atoms with Gasteiger partial charge in [0.25, 0.3) is 0 Å². The molecule has 1 aromatic carbocycles. The fourth-order valence-corrected chi connectivity index (χ4v) is 12.8. The van der Waals surface area contributed by atoms with Crippen molar-refractivity contribution in [2.24, 2.45) is 11.8 Å². The van der Waals surface area contributed by atoms with Gasteiger partial charge in [-0.15, -0.1) is 0 Å². The molecule has 0 aliphatic carbocycles. The normalized spacial score (nSPS) is 34.1. The van der Waals surface area contributed by atoms with Crippen LogP contribution in [-0.4, -0.2) is 170 Å². The van der Waals surface area contributed by atoms with Gasteiger partial charge in [0.2, 0.25) is 17.7 Å². The Hall–Kier alpha value is -4.96. The van der Waals surface area contributed by atoms with Crippen LogP contribution in [0.25, 0.3) is 0 Å². The van der Waals surface area contributed by atoms with Crippen molar-refractivity contribution in [1.29, 1.82) is 0 Å². The second-order valence-electron chi connectivity index (χ2n) is 25.8. The average Bonchev–Trinajstić information content (AvgIpc) is 1.81. The summed E-state index contributed by atoms with van der Waals surface area (Å²) in [5, 5.41) is 9.72. The summed E-state index contributed by atoms with van der Waals surface area (Å²) in [5.74, 6) is 0.516. The number of hydrogen-bond acceptors (Lipinski definition) is 16. The van der Waals surface area contributed by atoms with Crippen molar-refractivity contribution in [2.75, 3.05) is 38.8 Å². The largest absolute Gasteiger partial charge is 0.459 e. The standard InChI is InChI=1S/C68H98N4O14S/c1-42(14-24-59-44(3)30-57(48(7)82-59)70-62(74)27-17-46(5)80-50(9)73)12-22-53-35-67(40-78-67)37-55(84-53)33-63(75)69-39-52-20-18-51(19-21-52)32-65(77)81-47(6)16-26-61-66(86-61)71-58-31-45(4)60(83-49(58)8)25-15-43(2)13-23-54-36-68(41-79-68)38-56(85-54)34-64(76)72(10)28-29-87-11/h12-23,26-27,44-49,53-61,66,71H,24-25,28-41H2,1-11H3,(H,69,75)(H,70,74)/b22-12+,23-13+,26-16-,27-17-,42-14+,43-15+/t44-,45-,46-,47-,48+,49+,53+,54+,55+,56+,57+,58+,59-,60-,61?,66?,67+,68+/m0/s1. The number of hydrogen-bond donors (Lipinski definition) is 3. The molecule has 3 amide bonds. The van der Waals surface area contributed by atoms with E-state index in [2.05, 4.69) is 93.3 Å². The third-order valence-electron chi connectivity index (χ3n) is 17.8. The Kier molecular flexibility index (Phi) is 24.7. The van der Waals surface area contributed by atoms with Crippen LogP contribution < -0.4 is 16.0 Å². The summed E-state index contributed by atoms with van der Waals surface area (Å²) in [7, 11) is 1.87. The molecule has 87 heavy (non-hydrogen) atoms. The molecule has 7 aliphatic heterocycles. The van der Waals surface area contributed by atoms with Crippen molar-refractivity contribution >= 4 is 41.4 Å². The van der Waals surface area contributed by atoms with E-state index in [1.165, 1.54) is 13.0 Å². The number of allylic oxidation sites excluding steroid dienone is 4. The van der Waals surface area contributed by atoms with Crippen molar-refractivity contribution in [3.8, 4) is 0 Å². The van der Waals surface area contributed by atoms with Gasteiger partial charge in [-0.05, 0) is 109 Å². The molecule has 1 aromatic rings. The smallest absolute Gasteiger partial charge is 0.310 e. The first-order valence-corrected chi connectivity index (χ1v) is 33.0. The average molecular weight is 1230 g/mol. The van der Waals surface area contributed by atoms with Gasteiger partial charge in [0.1, 0.15) is 24.5 Å². The summed E-state index contributed by atoms with van der Waals surface area (Å²) in [6, 6.07) is 7.62. The third-order valence-corrected chi connectivity index (χ3v) is 18.4. The predicted octanol–water partition coefficient (Wildman–Crippen LogP) is 8.66. The molecule has 7 aliphatic rings. The fourth-order valence-electron chi connectivity index (χ4n) is 12.3. The van der Waals surface area contributed by atoms with Crippen molar-refractivity contribution < 1.29 is 66.6 Å². The van der Waals surface area contributed by atoms with Crippen molar-refractivity contribution in [3.05, 3.63) is 107 Å². The van der Waals surface area contributed by atoms with Crippen LogP contribution in [0.2, 0.25) is 0 Å². The molecular formula is C68H98N4O14S. The molecule has 19 heteroatoms. The van der Waals surface area contributed by atoms with Crippen LogP contribution in [0.1, 0.15) is 138 Å². The lowest BCUT2D eigenvalue weighted by molar-refractivity contribution is -0.145. The molecule has 7 heterocycles. The first kappa shape index (κ1) is 68.0. The molecule has 18 nitrogen and oxygen atoms in total. The Labute approximate surface area is 520 Å². The van der Waals surface area contributed by atoms with Crippen LogP contribution in [0.3, 0.4) is 0 Å². The maximum absolute atomic E-state index is 13.2. The number of esters is 2. The second-order valence-corrected chi connectivity index (χ2v) is 26.8. The Balaban J connectivity index is 0.683. The molecule has 2 spiro atoms. The number of epoxide rings is 3. The van der Waals surface area contributed by atoms with E-state index in [0.717, 1.165) is 86.1 Å². The highest BCUT2D eigenvalue weighted by atomic mass is 32.2. The zero-order chi connectivity index (χ0) is 62.4. The lowest BCUT2D eigenvalue weighted by Crippen LogP contribution is -2.50. The van der Waals surface area contributed by atoms with Crippen LogP contribution in [0.4, 0.5) is 0 Å². The number of amides is 3. The number of ether oxygens (including phenoxy) is 9. The Morgan fingerprint density at radius 2 is 1.25 bits per heavy atom. The molecule has 7 fully saturated rings. The van der Waals surface area contributed by atoms with Gasteiger partial charge in [-0.2, -0.15) is 11.8 Å². The fraction of sp³-hybridized carbons (Fsp3) is 0.662. The first-order chi connectivity index (χ1) is 41.5. The summed E-state index contributed by atoms with van der Waals surface area (Å²) in [6.45, 7) is 20.0. The zero-order valence-corrected chi connectivity index (χ0v) is 54.0. The SMILES string of the molecule is CSCCN(C)C(=O)C[C@@H]1C[C@@]2(CO2)C[C@@H](/C=C/C(C)=C/C[C@@H]2O[C@H](C)[C@H](NC3OC3/C=C\[C@H](C)OC(=O)Cc3ccc(CNC(=O)C[C@@H]4C[C@@]5(CO5)C[C@@H](/C=C/C(C)=C/C[C@@H]5O[C@H](C)[C@H](NC(=O)/C=C\[C@H](C)OC(C)=O)C[C@@H]5C)O4)cc3)C[C@@H]2C)O1. The molecule has 0 radical (unpaired) electrons. The van der Waals surface area contributed by atoms with E-state index in [4.69, 9.17) is 42.6 Å². The first-order valence-electron chi connectivity index (χ1n) is 31.6. The molecule has 0 bridgehead atoms. The highest BCUT2D eigenvalue weighted by Crippen LogP contribution is 2.44. The van der Waals surface area contributed by atoms with E-state index in [0.29, 0.717) is 31.9 Å². The Morgan fingerprint density at radius 1 is 0.701 bits per heavy atom. The summed E-state index contributed by atoms with van der Waals surface area (Å²) in [4.78, 5) is 64.6. The van der Waals surface area contributed by atoms with Gasteiger partial charge in [-0.3, -0.25) is 29.3 Å². The number of thioether (sulfide) groups is 1.